The largest absolute Gasteiger partial charge is 0.315 e. The van der Waals surface area contributed by atoms with Gasteiger partial charge in [-0.2, -0.15) is 0 Å². The van der Waals surface area contributed by atoms with Gasteiger partial charge < -0.3 is 5.32 Å². The van der Waals surface area contributed by atoms with Crippen LogP contribution in [0, 0.1) is 18.3 Å². The minimum Gasteiger partial charge on any atom is -0.315 e. The molecule has 0 aliphatic heterocycles. The maximum absolute atomic E-state index is 12.4. The summed E-state index contributed by atoms with van der Waals surface area (Å²) in [5.74, 6) is 0.522. The first-order valence-corrected chi connectivity index (χ1v) is 9.34. The maximum Gasteiger partial charge on any atom is 0.241 e. The zero-order valence-corrected chi connectivity index (χ0v) is 14.2. The summed E-state index contributed by atoms with van der Waals surface area (Å²) < 4.78 is 27.7. The average Bonchev–Trinajstić information content (AvgIpc) is 3.07. The molecule has 1 saturated carbocycles. The molecule has 0 saturated heterocycles. The molecular weight excluding hydrogens is 292 g/mol. The van der Waals surface area contributed by atoms with Crippen molar-refractivity contribution >= 4 is 21.4 Å². The van der Waals surface area contributed by atoms with Crippen LogP contribution in [0.1, 0.15) is 36.4 Å². The summed E-state index contributed by atoms with van der Waals surface area (Å²) in [5.41, 5.74) is 0.185. The molecule has 0 spiro atoms. The van der Waals surface area contributed by atoms with Crippen LogP contribution in [0.2, 0.25) is 0 Å². The summed E-state index contributed by atoms with van der Waals surface area (Å²) in [6.45, 7) is 7.47. The van der Waals surface area contributed by atoms with Gasteiger partial charge in [0.25, 0.3) is 0 Å². The zero-order valence-electron chi connectivity index (χ0n) is 12.6. The monoisotopic (exact) mass is 316 g/mol. The van der Waals surface area contributed by atoms with Crippen molar-refractivity contribution in [2.24, 2.45) is 11.3 Å². The Hall–Kier alpha value is -0.430. The van der Waals surface area contributed by atoms with Crippen molar-refractivity contribution in [3.8, 4) is 0 Å². The van der Waals surface area contributed by atoms with Crippen LogP contribution in [0.15, 0.2) is 11.0 Å². The van der Waals surface area contributed by atoms with Crippen LogP contribution in [0.5, 0.6) is 0 Å². The molecule has 0 bridgehead atoms. The maximum atomic E-state index is 12.4. The van der Waals surface area contributed by atoms with Crippen LogP contribution in [0.3, 0.4) is 0 Å². The van der Waals surface area contributed by atoms with Gasteiger partial charge in [0.05, 0.1) is 4.90 Å². The molecule has 1 heterocycles. The third-order valence-electron chi connectivity index (χ3n) is 4.30. The fraction of sp³-hybridized carbons (Fsp3) is 0.714. The molecule has 2 N–H and O–H groups in total. The van der Waals surface area contributed by atoms with E-state index < -0.39 is 10.0 Å². The lowest BCUT2D eigenvalue weighted by molar-refractivity contribution is 0.357. The summed E-state index contributed by atoms with van der Waals surface area (Å²) in [7, 11) is -1.52. The molecule has 1 fully saturated rings. The molecule has 20 heavy (non-hydrogen) atoms. The molecule has 1 aliphatic carbocycles. The van der Waals surface area contributed by atoms with Crippen molar-refractivity contribution in [2.45, 2.75) is 45.1 Å². The Labute approximate surface area is 126 Å². The number of nitrogens with one attached hydrogen (secondary N) is 2. The van der Waals surface area contributed by atoms with Gasteiger partial charge in [0.15, 0.2) is 0 Å². The lowest BCUT2D eigenvalue weighted by atomic mass is 9.93. The standard InChI is InChI=1S/C14H24N2O2S2/c1-10(2)14(5-6-14)9-16-20(17,18)13-7-12(8-15-4)19-11(13)3/h7,10,15-16H,5-6,8-9H2,1-4H3. The van der Waals surface area contributed by atoms with E-state index in [9.17, 15) is 8.42 Å². The zero-order chi connectivity index (χ0) is 15.0. The molecule has 2 rings (SSSR count). The molecular formula is C14H24N2O2S2. The topological polar surface area (TPSA) is 58.2 Å². The van der Waals surface area contributed by atoms with Crippen molar-refractivity contribution in [3.63, 3.8) is 0 Å². The van der Waals surface area contributed by atoms with E-state index in [0.29, 0.717) is 23.9 Å². The molecule has 1 aromatic heterocycles. The van der Waals surface area contributed by atoms with Gasteiger partial charge in [-0.3, -0.25) is 0 Å². The number of aryl methyl sites for hydroxylation is 1. The molecule has 1 aromatic rings. The highest BCUT2D eigenvalue weighted by atomic mass is 32.2. The van der Waals surface area contributed by atoms with Crippen molar-refractivity contribution in [1.29, 1.82) is 0 Å². The predicted octanol–water partition coefficient (Wildman–Crippen LogP) is 2.49. The molecule has 0 unspecified atom stereocenters. The second kappa shape index (κ2) is 5.75. The molecule has 4 nitrogen and oxygen atoms in total. The van der Waals surface area contributed by atoms with Crippen LogP contribution in [-0.4, -0.2) is 22.0 Å². The predicted molar refractivity (Wildman–Crippen MR) is 83.5 cm³/mol. The van der Waals surface area contributed by atoms with Crippen molar-refractivity contribution < 1.29 is 8.42 Å². The summed E-state index contributed by atoms with van der Waals surface area (Å²) in [6, 6.07) is 1.79. The highest BCUT2D eigenvalue weighted by molar-refractivity contribution is 7.89. The lowest BCUT2D eigenvalue weighted by Crippen LogP contribution is -2.32. The fourth-order valence-electron chi connectivity index (χ4n) is 2.49. The van der Waals surface area contributed by atoms with Gasteiger partial charge in [-0.1, -0.05) is 13.8 Å². The van der Waals surface area contributed by atoms with E-state index in [0.717, 1.165) is 22.6 Å². The normalized spacial score (nSPS) is 17.6. The van der Waals surface area contributed by atoms with Gasteiger partial charge >= 0.3 is 0 Å². The molecule has 6 heteroatoms. The number of rotatable bonds is 7. The minimum atomic E-state index is -3.38. The Balaban J connectivity index is 2.10. The SMILES string of the molecule is CNCc1cc(S(=O)(=O)NCC2(C(C)C)CC2)c(C)s1. The minimum absolute atomic E-state index is 0.185. The van der Waals surface area contributed by atoms with Gasteiger partial charge in [0.2, 0.25) is 10.0 Å². The Bertz CT molecular complexity index is 572. The number of hydrogen-bond acceptors (Lipinski definition) is 4. The van der Waals surface area contributed by atoms with Crippen LogP contribution < -0.4 is 10.0 Å². The van der Waals surface area contributed by atoms with Gasteiger partial charge in [-0.25, -0.2) is 13.1 Å². The second-order valence-corrected chi connectivity index (χ2v) is 9.08. The molecule has 114 valence electrons. The van der Waals surface area contributed by atoms with E-state index in [4.69, 9.17) is 0 Å². The second-order valence-electron chi connectivity index (χ2n) is 6.01. The Morgan fingerprint density at radius 1 is 1.40 bits per heavy atom. The highest BCUT2D eigenvalue weighted by Crippen LogP contribution is 2.51. The van der Waals surface area contributed by atoms with Crippen LogP contribution in [0.4, 0.5) is 0 Å². The van der Waals surface area contributed by atoms with E-state index in [1.54, 1.807) is 6.07 Å². The van der Waals surface area contributed by atoms with Crippen LogP contribution >= 0.6 is 11.3 Å². The molecule has 0 amide bonds. The first-order valence-electron chi connectivity index (χ1n) is 7.04. The van der Waals surface area contributed by atoms with Crippen LogP contribution in [-0.2, 0) is 16.6 Å². The molecule has 0 radical (unpaired) electrons. The number of hydrogen-bond donors (Lipinski definition) is 2. The number of thiophene rings is 1. The summed E-state index contributed by atoms with van der Waals surface area (Å²) in [4.78, 5) is 2.35. The molecule has 0 atom stereocenters. The average molecular weight is 316 g/mol. The van der Waals surface area contributed by atoms with E-state index in [2.05, 4.69) is 23.9 Å². The van der Waals surface area contributed by atoms with E-state index in [-0.39, 0.29) is 5.41 Å². The highest BCUT2D eigenvalue weighted by Gasteiger charge is 2.45. The fourth-order valence-corrected chi connectivity index (χ4v) is 5.27. The Kier molecular flexibility index (Phi) is 4.59. The van der Waals surface area contributed by atoms with Crippen molar-refractivity contribution in [1.82, 2.24) is 10.0 Å². The molecule has 1 aliphatic rings. The third-order valence-corrected chi connectivity index (χ3v) is 7.00. The van der Waals surface area contributed by atoms with Gasteiger partial charge in [-0.05, 0) is 44.2 Å². The summed E-state index contributed by atoms with van der Waals surface area (Å²) in [6.07, 6.45) is 2.25. The summed E-state index contributed by atoms with van der Waals surface area (Å²) in [5, 5.41) is 3.05. The smallest absolute Gasteiger partial charge is 0.241 e. The van der Waals surface area contributed by atoms with Crippen molar-refractivity contribution in [2.75, 3.05) is 13.6 Å². The number of sulfonamides is 1. The first-order chi connectivity index (χ1) is 9.31. The molecule has 0 aromatic carbocycles. The van der Waals surface area contributed by atoms with Crippen LogP contribution in [0.25, 0.3) is 0 Å². The van der Waals surface area contributed by atoms with E-state index in [1.807, 2.05) is 14.0 Å². The van der Waals surface area contributed by atoms with E-state index in [1.165, 1.54) is 11.3 Å². The van der Waals surface area contributed by atoms with Gasteiger partial charge in [0, 0.05) is 22.8 Å². The quantitative estimate of drug-likeness (QED) is 0.812. The lowest BCUT2D eigenvalue weighted by Gasteiger charge is -2.19. The van der Waals surface area contributed by atoms with E-state index >= 15 is 0 Å². The summed E-state index contributed by atoms with van der Waals surface area (Å²) >= 11 is 1.54. The van der Waals surface area contributed by atoms with Crippen molar-refractivity contribution in [3.05, 3.63) is 15.8 Å². The Morgan fingerprint density at radius 2 is 2.05 bits per heavy atom. The first kappa shape index (κ1) is 15.9. The van der Waals surface area contributed by atoms with Gasteiger partial charge in [-0.15, -0.1) is 11.3 Å². The Morgan fingerprint density at radius 3 is 2.55 bits per heavy atom. The van der Waals surface area contributed by atoms with Gasteiger partial charge in [0.1, 0.15) is 0 Å². The third kappa shape index (κ3) is 3.24.